The number of carbonyl (C=O) groups excluding carboxylic acids is 3. The number of aliphatic hydroxyl groups is 3. The zero-order chi connectivity index (χ0) is 28.4. The van der Waals surface area contributed by atoms with Gasteiger partial charge >= 0.3 is 5.91 Å². The molecule has 0 radical (unpaired) electrons. The van der Waals surface area contributed by atoms with Gasteiger partial charge in [-0.2, -0.15) is 0 Å². The molecule has 1 aromatic carbocycles. The van der Waals surface area contributed by atoms with Gasteiger partial charge < -0.3 is 36.4 Å². The Labute approximate surface area is 224 Å². The van der Waals surface area contributed by atoms with E-state index in [0.717, 1.165) is 0 Å². The number of Topliss-reactive ketones (excluding diaryl/α,β-unsaturated/α-hetero) is 2. The van der Waals surface area contributed by atoms with Crippen molar-refractivity contribution in [3.05, 3.63) is 39.7 Å². The van der Waals surface area contributed by atoms with Crippen LogP contribution in [-0.4, -0.2) is 87.7 Å². The maximum Gasteiger partial charge on any atom is 0.348 e. The number of carbonyl (C=O) groups is 3. The highest BCUT2D eigenvalue weighted by atomic mass is 32.1. The summed E-state index contributed by atoms with van der Waals surface area (Å²) in [5, 5.41) is 48.0. The highest BCUT2D eigenvalue weighted by Crippen LogP contribution is 2.54. The van der Waals surface area contributed by atoms with Crippen molar-refractivity contribution >= 4 is 46.3 Å². The second kappa shape index (κ2) is 9.34. The van der Waals surface area contributed by atoms with Crippen LogP contribution in [0.2, 0.25) is 0 Å². The summed E-state index contributed by atoms with van der Waals surface area (Å²) in [5.74, 6) is -6.44. The van der Waals surface area contributed by atoms with Crippen molar-refractivity contribution < 1.29 is 40.5 Å². The standard InChI is InChI=1S/C25H31N5O7S/c1-29(2)13-7-10(8-28-24(27)38)18(31)15-11(13)5-9-6-12-17(30(3)4)20(33)16(23(26)36)22(35)25(12,37)21(34)14(9)19(15)32/h7,9,12,17,31-32,35,37H,5-6,8H2,1-4H3,(H2,26,36)(H3,27,28,38)/p+1. The van der Waals surface area contributed by atoms with Gasteiger partial charge in [-0.05, 0) is 56.7 Å². The lowest BCUT2D eigenvalue weighted by Crippen LogP contribution is -2.68. The molecule has 1 fully saturated rings. The van der Waals surface area contributed by atoms with E-state index in [4.69, 9.17) is 18.0 Å². The van der Waals surface area contributed by atoms with E-state index in [1.807, 2.05) is 0 Å². The predicted octanol–water partition coefficient (Wildman–Crippen LogP) is -1.35. The van der Waals surface area contributed by atoms with Gasteiger partial charge in [0.25, 0.3) is 0 Å². The van der Waals surface area contributed by atoms with Crippen molar-refractivity contribution in [2.45, 2.75) is 31.0 Å². The van der Waals surface area contributed by atoms with Crippen molar-refractivity contribution in [2.75, 3.05) is 33.1 Å². The zero-order valence-corrected chi connectivity index (χ0v) is 22.3. The van der Waals surface area contributed by atoms with Crippen LogP contribution in [-0.2, 0) is 27.3 Å². The van der Waals surface area contributed by atoms with Crippen LogP contribution in [0.3, 0.4) is 0 Å². The van der Waals surface area contributed by atoms with E-state index < -0.39 is 58.0 Å². The first-order valence-corrected chi connectivity index (χ1v) is 12.3. The monoisotopic (exact) mass is 546 g/mol. The van der Waals surface area contributed by atoms with Crippen LogP contribution in [0.5, 0.6) is 5.75 Å². The number of thiocarbonyl (C=S) groups is 1. The molecular formula is C25H32N5O7S+. The molecule has 12 nitrogen and oxygen atoms in total. The third-order valence-corrected chi connectivity index (χ3v) is 7.89. The predicted molar refractivity (Wildman–Crippen MR) is 141 cm³/mol. The van der Waals surface area contributed by atoms with Crippen molar-refractivity contribution in [3.8, 4) is 5.75 Å². The van der Waals surface area contributed by atoms with Crippen LogP contribution < -0.4 is 21.7 Å². The summed E-state index contributed by atoms with van der Waals surface area (Å²) in [7, 11) is 6.73. The average molecular weight is 547 g/mol. The summed E-state index contributed by atoms with van der Waals surface area (Å²) in [6.07, 6.45) is 0.244. The van der Waals surface area contributed by atoms with Gasteiger partial charge in [-0.3, -0.25) is 20.2 Å². The fourth-order valence-corrected chi connectivity index (χ4v) is 6.17. The highest BCUT2D eigenvalue weighted by molar-refractivity contribution is 7.80. The van der Waals surface area contributed by atoms with Gasteiger partial charge in [0.15, 0.2) is 27.8 Å². The number of nitrogens with two attached hydrogens (primary N) is 1. The molecule has 13 heteroatoms. The largest absolute Gasteiger partial charge is 0.508 e. The van der Waals surface area contributed by atoms with Crippen LogP contribution in [0.1, 0.15) is 23.1 Å². The second-order valence-corrected chi connectivity index (χ2v) is 10.8. The Kier molecular flexibility index (Phi) is 6.77. The minimum atomic E-state index is -2.65. The van der Waals surface area contributed by atoms with E-state index in [9.17, 15) is 34.8 Å². The molecule has 0 aliphatic heterocycles. The summed E-state index contributed by atoms with van der Waals surface area (Å²) in [6, 6.07) is 0.632. The summed E-state index contributed by atoms with van der Waals surface area (Å²) < 4.78 is 0. The summed E-state index contributed by atoms with van der Waals surface area (Å²) in [4.78, 5) is 42.7. The second-order valence-electron chi connectivity index (χ2n) is 10.4. The first-order valence-electron chi connectivity index (χ1n) is 11.9. The van der Waals surface area contributed by atoms with Crippen LogP contribution in [0.15, 0.2) is 23.0 Å². The Morgan fingerprint density at radius 3 is 2.39 bits per heavy atom. The SMILES string of the molecule is CN(C)c1cc(CNC(N)=S)c(O)c2c1CC1CC3C(N(C)C)C(=O)C(C([NH3+])=O)=C(O)C3(O)C(=O)C1=C2O. The summed E-state index contributed by atoms with van der Waals surface area (Å²) in [6.45, 7) is 0.0480. The van der Waals surface area contributed by atoms with Gasteiger partial charge in [0.2, 0.25) is 5.78 Å². The van der Waals surface area contributed by atoms with E-state index in [1.165, 1.54) is 4.90 Å². The smallest absolute Gasteiger partial charge is 0.348 e. The molecule has 204 valence electrons. The van der Waals surface area contributed by atoms with E-state index in [2.05, 4.69) is 11.1 Å². The molecule has 4 rings (SSSR count). The Balaban J connectivity index is 1.97. The van der Waals surface area contributed by atoms with Crippen LogP contribution in [0.4, 0.5) is 5.69 Å². The zero-order valence-electron chi connectivity index (χ0n) is 21.5. The molecule has 0 heterocycles. The molecule has 0 saturated heterocycles. The fraction of sp³-hybridized carbons (Fsp3) is 0.440. The molecule has 0 bridgehead atoms. The maximum absolute atomic E-state index is 14.0. The van der Waals surface area contributed by atoms with Crippen LogP contribution in [0.25, 0.3) is 5.76 Å². The van der Waals surface area contributed by atoms with E-state index >= 15 is 0 Å². The fourth-order valence-electron chi connectivity index (χ4n) is 6.09. The summed E-state index contributed by atoms with van der Waals surface area (Å²) in [5.41, 5.74) is 6.80. The normalized spacial score (nSPS) is 26.7. The maximum atomic E-state index is 14.0. The number of aliphatic hydroxyl groups excluding tert-OH is 2. The number of phenols is 1. The first kappa shape index (κ1) is 27.5. The average Bonchev–Trinajstić information content (AvgIpc) is 2.80. The number of likely N-dealkylation sites (N-methyl/N-ethyl adjacent to an activating group) is 1. The number of nitrogens with zero attached hydrogens (tertiary/aromatic N) is 2. The molecule has 3 aliphatic rings. The summed E-state index contributed by atoms with van der Waals surface area (Å²) >= 11 is 4.86. The van der Waals surface area contributed by atoms with Gasteiger partial charge in [0, 0.05) is 43.4 Å². The van der Waals surface area contributed by atoms with Crippen molar-refractivity contribution in [3.63, 3.8) is 0 Å². The molecule has 1 aromatic rings. The van der Waals surface area contributed by atoms with Gasteiger partial charge in [-0.1, -0.05) is 0 Å². The Bertz CT molecular complexity index is 1350. The number of amides is 1. The van der Waals surface area contributed by atoms with Gasteiger partial charge in [0.1, 0.15) is 11.5 Å². The number of nitrogens with one attached hydrogen (secondary N) is 1. The molecule has 38 heavy (non-hydrogen) atoms. The van der Waals surface area contributed by atoms with Crippen molar-refractivity contribution in [1.82, 2.24) is 10.2 Å². The molecule has 1 amide bonds. The minimum absolute atomic E-state index is 0.00667. The molecule has 0 spiro atoms. The first-order chi connectivity index (χ1) is 17.6. The Hall–Kier alpha value is -3.52. The Morgan fingerprint density at radius 1 is 1.24 bits per heavy atom. The van der Waals surface area contributed by atoms with Gasteiger partial charge in [0.05, 0.1) is 11.6 Å². The van der Waals surface area contributed by atoms with E-state index in [0.29, 0.717) is 16.8 Å². The molecule has 4 unspecified atom stereocenters. The number of benzene rings is 1. The molecule has 4 atom stereocenters. The number of quaternary nitrogens is 1. The minimum Gasteiger partial charge on any atom is -0.508 e. The van der Waals surface area contributed by atoms with Crippen molar-refractivity contribution in [1.29, 1.82) is 0 Å². The number of fused-ring (bicyclic) bond motifs is 3. The highest BCUT2D eigenvalue weighted by Gasteiger charge is 2.64. The third kappa shape index (κ3) is 3.85. The van der Waals surface area contributed by atoms with Crippen LogP contribution >= 0.6 is 12.2 Å². The van der Waals surface area contributed by atoms with E-state index in [-0.39, 0.29) is 41.4 Å². The number of hydrogen-bond donors (Lipinski definition) is 7. The number of aromatic hydroxyl groups is 1. The molecule has 10 N–H and O–H groups in total. The Morgan fingerprint density at radius 2 is 1.87 bits per heavy atom. The number of rotatable bonds is 5. The lowest BCUT2D eigenvalue weighted by atomic mass is 9.57. The third-order valence-electron chi connectivity index (χ3n) is 7.74. The number of hydrogen-bond acceptors (Lipinski definition) is 10. The van der Waals surface area contributed by atoms with Gasteiger partial charge in [-0.25, -0.2) is 4.79 Å². The van der Waals surface area contributed by atoms with E-state index in [1.54, 1.807) is 39.2 Å². The lowest BCUT2D eigenvalue weighted by Gasteiger charge is -2.50. The molecular weight excluding hydrogens is 514 g/mol. The van der Waals surface area contributed by atoms with Crippen LogP contribution in [0, 0.1) is 11.8 Å². The number of ketones is 2. The quantitative estimate of drug-likeness (QED) is 0.169. The number of anilines is 1. The topological polar surface area (TPSA) is 204 Å². The molecule has 0 aromatic heterocycles. The lowest BCUT2D eigenvalue weighted by molar-refractivity contribution is -0.299. The molecule has 1 saturated carbocycles. The van der Waals surface area contributed by atoms with Crippen molar-refractivity contribution in [2.24, 2.45) is 17.6 Å². The van der Waals surface area contributed by atoms with Gasteiger partial charge in [-0.15, -0.1) is 0 Å². The number of phenolic OH excluding ortho intramolecular Hbond substituents is 1. The molecule has 3 aliphatic carbocycles.